The fourth-order valence-corrected chi connectivity index (χ4v) is 2.52. The van der Waals surface area contributed by atoms with Crippen LogP contribution in [0.3, 0.4) is 0 Å². The van der Waals surface area contributed by atoms with Crippen molar-refractivity contribution in [1.82, 2.24) is 9.97 Å². The highest BCUT2D eigenvalue weighted by molar-refractivity contribution is 5.94. The number of rotatable bonds is 5. The number of aromatic nitrogens is 2. The van der Waals surface area contributed by atoms with Crippen molar-refractivity contribution in [3.05, 3.63) is 71.5 Å². The first-order valence-electron chi connectivity index (χ1n) is 8.39. The third kappa shape index (κ3) is 4.85. The van der Waals surface area contributed by atoms with Gasteiger partial charge in [-0.25, -0.2) is 9.97 Å². The van der Waals surface area contributed by atoms with Crippen molar-refractivity contribution in [2.75, 3.05) is 10.6 Å². The third-order valence-corrected chi connectivity index (χ3v) is 3.89. The van der Waals surface area contributed by atoms with Crippen LogP contribution in [0.1, 0.15) is 28.7 Å². The molecule has 0 atom stereocenters. The van der Waals surface area contributed by atoms with Gasteiger partial charge in [-0.05, 0) is 62.4 Å². The number of alkyl halides is 3. The molecule has 0 fully saturated rings. The largest absolute Gasteiger partial charge is 0.416 e. The van der Waals surface area contributed by atoms with E-state index in [4.69, 9.17) is 0 Å². The average molecular weight is 386 g/mol. The fraction of sp³-hybridized carbons (Fsp3) is 0.150. The van der Waals surface area contributed by atoms with Crippen molar-refractivity contribution in [3.8, 4) is 0 Å². The van der Waals surface area contributed by atoms with Crippen LogP contribution in [-0.4, -0.2) is 15.8 Å². The van der Waals surface area contributed by atoms with Gasteiger partial charge in [0.05, 0.1) is 5.56 Å². The van der Waals surface area contributed by atoms with E-state index in [1.807, 2.05) is 0 Å². The number of ketones is 1. The Morgan fingerprint density at radius 3 is 1.75 bits per heavy atom. The molecule has 0 spiro atoms. The van der Waals surface area contributed by atoms with E-state index in [1.165, 1.54) is 19.1 Å². The van der Waals surface area contributed by atoms with E-state index in [0.717, 1.165) is 17.8 Å². The lowest BCUT2D eigenvalue weighted by Crippen LogP contribution is -2.05. The summed E-state index contributed by atoms with van der Waals surface area (Å²) in [6.45, 7) is 3.21. The highest BCUT2D eigenvalue weighted by atomic mass is 19.4. The maximum atomic E-state index is 12.7. The topological polar surface area (TPSA) is 66.9 Å². The number of anilines is 4. The van der Waals surface area contributed by atoms with Crippen molar-refractivity contribution in [2.24, 2.45) is 0 Å². The van der Waals surface area contributed by atoms with Gasteiger partial charge in [-0.1, -0.05) is 0 Å². The van der Waals surface area contributed by atoms with Crippen LogP contribution in [0.5, 0.6) is 0 Å². The van der Waals surface area contributed by atoms with Crippen LogP contribution in [0.2, 0.25) is 0 Å². The van der Waals surface area contributed by atoms with E-state index in [2.05, 4.69) is 20.6 Å². The number of nitrogens with one attached hydrogen (secondary N) is 2. The Kier molecular flexibility index (Phi) is 5.30. The Balaban J connectivity index is 1.76. The molecule has 5 nitrogen and oxygen atoms in total. The van der Waals surface area contributed by atoms with Crippen LogP contribution in [0, 0.1) is 6.92 Å². The van der Waals surface area contributed by atoms with Crippen LogP contribution in [0.25, 0.3) is 0 Å². The number of carbonyl (C=O) groups is 1. The Morgan fingerprint density at radius 1 is 0.857 bits per heavy atom. The molecule has 0 amide bonds. The summed E-state index contributed by atoms with van der Waals surface area (Å²) in [6.07, 6.45) is -4.38. The van der Waals surface area contributed by atoms with Crippen molar-refractivity contribution >= 4 is 28.8 Å². The molecule has 144 valence electrons. The van der Waals surface area contributed by atoms with Crippen molar-refractivity contribution in [3.63, 3.8) is 0 Å². The van der Waals surface area contributed by atoms with Crippen LogP contribution in [0.4, 0.5) is 36.2 Å². The van der Waals surface area contributed by atoms with E-state index in [-0.39, 0.29) is 5.78 Å². The van der Waals surface area contributed by atoms with E-state index in [0.29, 0.717) is 28.7 Å². The minimum atomic E-state index is -4.38. The van der Waals surface area contributed by atoms with Crippen molar-refractivity contribution in [1.29, 1.82) is 0 Å². The minimum Gasteiger partial charge on any atom is -0.340 e. The van der Waals surface area contributed by atoms with Gasteiger partial charge in [0.1, 0.15) is 17.5 Å². The summed E-state index contributed by atoms with van der Waals surface area (Å²) in [6, 6.07) is 13.3. The van der Waals surface area contributed by atoms with Gasteiger partial charge < -0.3 is 10.6 Å². The van der Waals surface area contributed by atoms with Gasteiger partial charge in [-0.15, -0.1) is 0 Å². The molecule has 1 aromatic heterocycles. The Bertz CT molecular complexity index is 984. The molecule has 0 aliphatic heterocycles. The highest BCUT2D eigenvalue weighted by Gasteiger charge is 2.29. The maximum absolute atomic E-state index is 12.7. The smallest absolute Gasteiger partial charge is 0.340 e. The molecule has 1 heterocycles. The number of carbonyl (C=O) groups excluding carboxylic acids is 1. The predicted octanol–water partition coefficient (Wildman–Crippen LogP) is 5.49. The zero-order chi connectivity index (χ0) is 20.3. The van der Waals surface area contributed by atoms with Gasteiger partial charge in [0.25, 0.3) is 0 Å². The molecular weight excluding hydrogens is 369 g/mol. The van der Waals surface area contributed by atoms with Gasteiger partial charge in [-0.3, -0.25) is 4.79 Å². The second-order valence-electron chi connectivity index (χ2n) is 6.14. The van der Waals surface area contributed by atoms with Gasteiger partial charge in [0.2, 0.25) is 0 Å². The second kappa shape index (κ2) is 7.67. The van der Waals surface area contributed by atoms with Crippen LogP contribution in [-0.2, 0) is 6.18 Å². The first kappa shape index (κ1) is 19.3. The van der Waals surface area contributed by atoms with Gasteiger partial charge in [0, 0.05) is 23.0 Å². The van der Waals surface area contributed by atoms with Crippen molar-refractivity contribution in [2.45, 2.75) is 20.0 Å². The maximum Gasteiger partial charge on any atom is 0.416 e. The molecule has 0 aliphatic rings. The normalized spacial score (nSPS) is 11.2. The summed E-state index contributed by atoms with van der Waals surface area (Å²) in [5, 5.41) is 6.09. The summed E-state index contributed by atoms with van der Waals surface area (Å²) in [5.41, 5.74) is 1.11. The zero-order valence-corrected chi connectivity index (χ0v) is 15.1. The number of hydrogen-bond acceptors (Lipinski definition) is 5. The van der Waals surface area contributed by atoms with E-state index < -0.39 is 11.7 Å². The number of hydrogen-bond donors (Lipinski definition) is 2. The van der Waals surface area contributed by atoms with Crippen molar-refractivity contribution < 1.29 is 18.0 Å². The quantitative estimate of drug-likeness (QED) is 0.567. The number of nitrogens with zero attached hydrogens (tertiary/aromatic N) is 2. The summed E-state index contributed by atoms with van der Waals surface area (Å²) in [4.78, 5) is 19.9. The van der Waals surface area contributed by atoms with E-state index >= 15 is 0 Å². The molecule has 0 aliphatic carbocycles. The average Bonchev–Trinajstić information content (AvgIpc) is 2.61. The molecular formula is C20H17F3N4O. The summed E-state index contributed by atoms with van der Waals surface area (Å²) in [5.74, 6) is 1.42. The highest BCUT2D eigenvalue weighted by Crippen LogP contribution is 2.30. The Hall–Kier alpha value is -3.42. The lowest BCUT2D eigenvalue weighted by atomic mass is 10.1. The first-order valence-corrected chi connectivity index (χ1v) is 8.39. The number of benzene rings is 2. The molecule has 0 bridgehead atoms. The van der Waals surface area contributed by atoms with Crippen LogP contribution in [0.15, 0.2) is 54.6 Å². The number of aryl methyl sites for hydroxylation is 1. The monoisotopic (exact) mass is 386 g/mol. The van der Waals surface area contributed by atoms with E-state index in [9.17, 15) is 18.0 Å². The molecule has 0 saturated heterocycles. The van der Waals surface area contributed by atoms with Crippen LogP contribution >= 0.6 is 0 Å². The van der Waals surface area contributed by atoms with Crippen LogP contribution < -0.4 is 10.6 Å². The molecule has 2 aromatic carbocycles. The third-order valence-electron chi connectivity index (χ3n) is 3.89. The zero-order valence-electron chi connectivity index (χ0n) is 15.1. The Labute approximate surface area is 159 Å². The molecule has 0 saturated carbocycles. The standard InChI is InChI=1S/C20H17F3N4O/c1-12(28)14-3-7-16(8-4-14)26-18-11-19(25-13(2)24-18)27-17-9-5-15(6-10-17)20(21,22)23/h3-11H,1-2H3,(H2,24,25,26,27). The summed E-state index contributed by atoms with van der Waals surface area (Å²) >= 11 is 0. The molecule has 2 N–H and O–H groups in total. The molecule has 0 unspecified atom stereocenters. The Morgan fingerprint density at radius 2 is 1.32 bits per heavy atom. The lowest BCUT2D eigenvalue weighted by molar-refractivity contribution is -0.137. The van der Waals surface area contributed by atoms with E-state index in [1.54, 1.807) is 37.3 Å². The summed E-state index contributed by atoms with van der Waals surface area (Å²) in [7, 11) is 0. The van der Waals surface area contributed by atoms with Gasteiger partial charge >= 0.3 is 6.18 Å². The number of Topliss-reactive ketones (excluding diaryl/α,β-unsaturated/α-hetero) is 1. The molecule has 8 heteroatoms. The minimum absolute atomic E-state index is 0.0209. The van der Waals surface area contributed by atoms with Gasteiger partial charge in [-0.2, -0.15) is 13.2 Å². The predicted molar refractivity (Wildman–Crippen MR) is 101 cm³/mol. The molecule has 3 aromatic rings. The fourth-order valence-electron chi connectivity index (χ4n) is 2.52. The lowest BCUT2D eigenvalue weighted by Gasteiger charge is -2.11. The first-order chi connectivity index (χ1) is 13.2. The molecule has 3 rings (SSSR count). The second-order valence-corrected chi connectivity index (χ2v) is 6.14. The van der Waals surface area contributed by atoms with Gasteiger partial charge in [0.15, 0.2) is 5.78 Å². The SMILES string of the molecule is CC(=O)c1ccc(Nc2cc(Nc3ccc(C(F)(F)F)cc3)nc(C)n2)cc1. The number of halogens is 3. The molecule has 0 radical (unpaired) electrons. The molecule has 28 heavy (non-hydrogen) atoms. The summed E-state index contributed by atoms with van der Waals surface area (Å²) < 4.78 is 38.0.